The number of rotatable bonds is 6. The van der Waals surface area contributed by atoms with Gasteiger partial charge in [0.15, 0.2) is 0 Å². The zero-order chi connectivity index (χ0) is 14.4. The zero-order valence-electron chi connectivity index (χ0n) is 12.6. The molecule has 20 heavy (non-hydrogen) atoms. The predicted octanol–water partition coefficient (Wildman–Crippen LogP) is 3.84. The van der Waals surface area contributed by atoms with E-state index in [4.69, 9.17) is 5.73 Å². The van der Waals surface area contributed by atoms with Crippen molar-refractivity contribution in [2.45, 2.75) is 44.3 Å². The van der Waals surface area contributed by atoms with Gasteiger partial charge in [-0.3, -0.25) is 4.79 Å². The molecule has 0 aliphatic heterocycles. The first-order chi connectivity index (χ1) is 8.97. The van der Waals surface area contributed by atoms with Crippen LogP contribution in [0.4, 0.5) is 5.69 Å². The van der Waals surface area contributed by atoms with Crippen LogP contribution in [-0.2, 0) is 4.79 Å². The van der Waals surface area contributed by atoms with Crippen LogP contribution in [0.1, 0.15) is 32.8 Å². The lowest BCUT2D eigenvalue weighted by Gasteiger charge is -2.14. The third-order valence-electron chi connectivity index (χ3n) is 3.17. The lowest BCUT2D eigenvalue weighted by atomic mass is 10.1. The number of halogens is 1. The first kappa shape index (κ1) is 19.3. The SMILES string of the molecule is CCC(C)Sc1ccc(NC(=O)C(C)CN)c(C)c1.Cl. The van der Waals surface area contributed by atoms with Crippen LogP contribution in [0.5, 0.6) is 0 Å². The quantitative estimate of drug-likeness (QED) is 0.784. The van der Waals surface area contributed by atoms with Crippen LogP contribution in [0.3, 0.4) is 0 Å². The number of hydrogen-bond donors (Lipinski definition) is 2. The normalized spacial score (nSPS) is 13.2. The molecule has 2 atom stereocenters. The molecule has 5 heteroatoms. The fourth-order valence-corrected chi connectivity index (χ4v) is 2.55. The molecule has 0 aliphatic carbocycles. The Bertz CT molecular complexity index is 440. The molecule has 114 valence electrons. The van der Waals surface area contributed by atoms with E-state index in [0.717, 1.165) is 17.7 Å². The molecule has 0 radical (unpaired) electrons. The van der Waals surface area contributed by atoms with Crippen LogP contribution in [0.25, 0.3) is 0 Å². The van der Waals surface area contributed by atoms with Gasteiger partial charge in [0, 0.05) is 28.3 Å². The summed E-state index contributed by atoms with van der Waals surface area (Å²) in [6.45, 7) is 8.62. The van der Waals surface area contributed by atoms with Gasteiger partial charge in [0.1, 0.15) is 0 Å². The van der Waals surface area contributed by atoms with E-state index in [1.807, 2.05) is 31.7 Å². The van der Waals surface area contributed by atoms with Crippen LogP contribution >= 0.6 is 24.2 Å². The summed E-state index contributed by atoms with van der Waals surface area (Å²) >= 11 is 1.86. The highest BCUT2D eigenvalue weighted by atomic mass is 35.5. The van der Waals surface area contributed by atoms with Gasteiger partial charge in [0.2, 0.25) is 5.91 Å². The smallest absolute Gasteiger partial charge is 0.228 e. The summed E-state index contributed by atoms with van der Waals surface area (Å²) in [6.07, 6.45) is 1.15. The molecule has 3 N–H and O–H groups in total. The second kappa shape index (κ2) is 9.27. The van der Waals surface area contributed by atoms with Crippen molar-refractivity contribution >= 4 is 35.8 Å². The summed E-state index contributed by atoms with van der Waals surface area (Å²) in [4.78, 5) is 13.1. The number of amides is 1. The summed E-state index contributed by atoms with van der Waals surface area (Å²) in [5.41, 5.74) is 7.46. The lowest BCUT2D eigenvalue weighted by molar-refractivity contribution is -0.119. The average molecular weight is 317 g/mol. The Hall–Kier alpha value is -0.710. The Kier molecular flexibility index (Phi) is 8.94. The third kappa shape index (κ3) is 5.73. The number of thioether (sulfide) groups is 1. The third-order valence-corrected chi connectivity index (χ3v) is 4.43. The molecule has 0 saturated carbocycles. The number of carbonyl (C=O) groups is 1. The van der Waals surface area contributed by atoms with Gasteiger partial charge in [0.05, 0.1) is 0 Å². The predicted molar refractivity (Wildman–Crippen MR) is 90.9 cm³/mol. The summed E-state index contributed by atoms with van der Waals surface area (Å²) in [5, 5.41) is 3.54. The molecule has 0 fully saturated rings. The monoisotopic (exact) mass is 316 g/mol. The fourth-order valence-electron chi connectivity index (χ4n) is 1.53. The Morgan fingerprint density at radius 3 is 2.55 bits per heavy atom. The summed E-state index contributed by atoms with van der Waals surface area (Å²) in [6, 6.07) is 6.16. The van der Waals surface area contributed by atoms with Crippen LogP contribution in [0.15, 0.2) is 23.1 Å². The molecule has 0 saturated heterocycles. The first-order valence-corrected chi connectivity index (χ1v) is 7.64. The van der Waals surface area contributed by atoms with Gasteiger partial charge in [-0.2, -0.15) is 0 Å². The Balaban J connectivity index is 0.00000361. The van der Waals surface area contributed by atoms with Crippen molar-refractivity contribution in [3.05, 3.63) is 23.8 Å². The number of benzene rings is 1. The van der Waals surface area contributed by atoms with Crippen molar-refractivity contribution in [3.63, 3.8) is 0 Å². The number of hydrogen-bond acceptors (Lipinski definition) is 3. The minimum Gasteiger partial charge on any atom is -0.330 e. The number of nitrogens with two attached hydrogens (primary N) is 1. The van der Waals surface area contributed by atoms with Gasteiger partial charge < -0.3 is 11.1 Å². The Morgan fingerprint density at radius 2 is 2.05 bits per heavy atom. The van der Waals surface area contributed by atoms with Gasteiger partial charge in [-0.1, -0.05) is 20.8 Å². The van der Waals surface area contributed by atoms with Gasteiger partial charge in [-0.25, -0.2) is 0 Å². The number of anilines is 1. The minimum atomic E-state index is -0.159. The Labute approximate surface area is 132 Å². The topological polar surface area (TPSA) is 55.1 Å². The molecule has 1 rings (SSSR count). The fraction of sp³-hybridized carbons (Fsp3) is 0.533. The largest absolute Gasteiger partial charge is 0.330 e. The van der Waals surface area contributed by atoms with E-state index in [-0.39, 0.29) is 24.2 Å². The Morgan fingerprint density at radius 1 is 1.40 bits per heavy atom. The average Bonchev–Trinajstić information content (AvgIpc) is 2.40. The second-order valence-electron chi connectivity index (χ2n) is 4.94. The molecule has 2 unspecified atom stereocenters. The first-order valence-electron chi connectivity index (χ1n) is 6.76. The van der Waals surface area contributed by atoms with Crippen molar-refractivity contribution < 1.29 is 4.79 Å². The lowest BCUT2D eigenvalue weighted by Crippen LogP contribution is -2.26. The number of carbonyl (C=O) groups excluding carboxylic acids is 1. The van der Waals surface area contributed by atoms with E-state index in [9.17, 15) is 4.79 Å². The molecular formula is C15H25ClN2OS. The van der Waals surface area contributed by atoms with Crippen LogP contribution < -0.4 is 11.1 Å². The molecule has 0 aromatic heterocycles. The maximum Gasteiger partial charge on any atom is 0.228 e. The van der Waals surface area contributed by atoms with Crippen molar-refractivity contribution in [1.82, 2.24) is 0 Å². The van der Waals surface area contributed by atoms with Gasteiger partial charge >= 0.3 is 0 Å². The highest BCUT2D eigenvalue weighted by molar-refractivity contribution is 7.99. The van der Waals surface area contributed by atoms with Crippen LogP contribution in [-0.4, -0.2) is 17.7 Å². The highest BCUT2D eigenvalue weighted by Crippen LogP contribution is 2.28. The molecule has 0 aliphatic rings. The van der Waals surface area contributed by atoms with Gasteiger partial charge in [-0.15, -0.1) is 24.2 Å². The minimum absolute atomic E-state index is 0. The molecule has 0 heterocycles. The maximum absolute atomic E-state index is 11.8. The van der Waals surface area contributed by atoms with Crippen LogP contribution in [0.2, 0.25) is 0 Å². The molecule has 1 aromatic carbocycles. The summed E-state index contributed by atoms with van der Waals surface area (Å²) < 4.78 is 0. The van der Waals surface area contributed by atoms with E-state index >= 15 is 0 Å². The van der Waals surface area contributed by atoms with Crippen LogP contribution in [0, 0.1) is 12.8 Å². The van der Waals surface area contributed by atoms with E-state index in [2.05, 4.69) is 31.3 Å². The van der Waals surface area contributed by atoms with E-state index in [1.165, 1.54) is 4.90 Å². The molecule has 0 spiro atoms. The summed E-state index contributed by atoms with van der Waals surface area (Å²) in [5.74, 6) is -0.179. The summed E-state index contributed by atoms with van der Waals surface area (Å²) in [7, 11) is 0. The molecular weight excluding hydrogens is 292 g/mol. The highest BCUT2D eigenvalue weighted by Gasteiger charge is 2.12. The molecule has 3 nitrogen and oxygen atoms in total. The molecule has 1 amide bonds. The van der Waals surface area contributed by atoms with E-state index < -0.39 is 0 Å². The van der Waals surface area contributed by atoms with Gasteiger partial charge in [-0.05, 0) is 37.1 Å². The number of aryl methyl sites for hydroxylation is 1. The van der Waals surface area contributed by atoms with E-state index in [0.29, 0.717) is 11.8 Å². The maximum atomic E-state index is 11.8. The zero-order valence-corrected chi connectivity index (χ0v) is 14.2. The van der Waals surface area contributed by atoms with Gasteiger partial charge in [0.25, 0.3) is 0 Å². The number of nitrogens with one attached hydrogen (secondary N) is 1. The van der Waals surface area contributed by atoms with Crippen molar-refractivity contribution in [2.24, 2.45) is 11.7 Å². The van der Waals surface area contributed by atoms with Crippen molar-refractivity contribution in [3.8, 4) is 0 Å². The standard InChI is InChI=1S/C15H24N2OS.ClH/c1-5-12(4)19-13-6-7-14(10(2)8-13)17-15(18)11(3)9-16;/h6-8,11-12H,5,9,16H2,1-4H3,(H,17,18);1H. The van der Waals surface area contributed by atoms with Crippen molar-refractivity contribution in [2.75, 3.05) is 11.9 Å². The second-order valence-corrected chi connectivity index (χ2v) is 6.45. The molecule has 1 aromatic rings. The van der Waals surface area contributed by atoms with Crippen molar-refractivity contribution in [1.29, 1.82) is 0 Å². The van der Waals surface area contributed by atoms with E-state index in [1.54, 1.807) is 0 Å². The molecule has 0 bridgehead atoms.